The predicted octanol–water partition coefficient (Wildman–Crippen LogP) is 4.76. The van der Waals surface area contributed by atoms with Crippen LogP contribution in [0, 0.1) is 6.92 Å². The number of hydrogen-bond donors (Lipinski definition) is 1. The molecular formula is C18H18N2O2S2. The number of nitrogens with zero attached hydrogens (tertiary/aromatic N) is 1. The number of rotatable bonds is 6. The first-order valence-corrected chi connectivity index (χ1v) is 9.29. The fourth-order valence-electron chi connectivity index (χ4n) is 2.25. The molecule has 0 fully saturated rings. The number of ether oxygens (including phenoxy) is 1. The van der Waals surface area contributed by atoms with Crippen molar-refractivity contribution in [3.05, 3.63) is 52.2 Å². The molecule has 4 nitrogen and oxygen atoms in total. The first kappa shape index (κ1) is 16.7. The Kier molecular flexibility index (Phi) is 5.27. The molecule has 3 rings (SSSR count). The van der Waals surface area contributed by atoms with Crippen LogP contribution in [0.15, 0.2) is 41.8 Å². The van der Waals surface area contributed by atoms with Gasteiger partial charge in [-0.25, -0.2) is 4.98 Å². The van der Waals surface area contributed by atoms with E-state index >= 15 is 0 Å². The molecule has 0 aliphatic heterocycles. The topological polar surface area (TPSA) is 51.2 Å². The highest BCUT2D eigenvalue weighted by Gasteiger charge is 2.09. The summed E-state index contributed by atoms with van der Waals surface area (Å²) in [4.78, 5) is 19.0. The van der Waals surface area contributed by atoms with E-state index in [0.717, 1.165) is 21.9 Å². The average Bonchev–Trinajstić information content (AvgIpc) is 3.22. The van der Waals surface area contributed by atoms with E-state index in [1.165, 1.54) is 16.2 Å². The van der Waals surface area contributed by atoms with Gasteiger partial charge in [0.1, 0.15) is 5.75 Å². The lowest BCUT2D eigenvalue weighted by molar-refractivity contribution is -0.116. The molecule has 0 bridgehead atoms. The standard InChI is InChI=1S/C18H18N2O2S2/c1-12-3-9-16(24-12)15-11-23-18(19-15)20-17(21)10-6-13-4-7-14(22-2)8-5-13/h3-5,7-9,11H,6,10H2,1-2H3,(H,19,20,21). The number of methoxy groups -OCH3 is 1. The van der Waals surface area contributed by atoms with Crippen molar-refractivity contribution in [3.8, 4) is 16.3 Å². The quantitative estimate of drug-likeness (QED) is 0.691. The number of aryl methyl sites for hydroxylation is 2. The number of thiazole rings is 1. The molecule has 6 heteroatoms. The maximum absolute atomic E-state index is 12.1. The summed E-state index contributed by atoms with van der Waals surface area (Å²) in [7, 11) is 1.64. The maximum atomic E-state index is 12.1. The van der Waals surface area contributed by atoms with E-state index in [9.17, 15) is 4.79 Å². The highest BCUT2D eigenvalue weighted by molar-refractivity contribution is 7.17. The molecule has 124 valence electrons. The summed E-state index contributed by atoms with van der Waals surface area (Å²) in [6.45, 7) is 2.07. The van der Waals surface area contributed by atoms with Gasteiger partial charge >= 0.3 is 0 Å². The van der Waals surface area contributed by atoms with Gasteiger partial charge in [-0.2, -0.15) is 0 Å². The molecule has 0 atom stereocenters. The lowest BCUT2D eigenvalue weighted by Gasteiger charge is -2.04. The first-order chi connectivity index (χ1) is 11.6. The predicted molar refractivity (Wildman–Crippen MR) is 100 cm³/mol. The summed E-state index contributed by atoms with van der Waals surface area (Å²) in [6, 6.07) is 11.9. The van der Waals surface area contributed by atoms with Crippen molar-refractivity contribution in [3.63, 3.8) is 0 Å². The van der Waals surface area contributed by atoms with Crippen LogP contribution in [0.3, 0.4) is 0 Å². The number of carbonyl (C=O) groups excluding carboxylic acids is 1. The lowest BCUT2D eigenvalue weighted by Crippen LogP contribution is -2.12. The number of benzene rings is 1. The van der Waals surface area contributed by atoms with E-state index in [4.69, 9.17) is 4.74 Å². The van der Waals surface area contributed by atoms with Gasteiger partial charge in [0.25, 0.3) is 0 Å². The minimum absolute atomic E-state index is 0.0194. The molecule has 0 spiro atoms. The molecule has 0 unspecified atom stereocenters. The van der Waals surface area contributed by atoms with E-state index in [1.54, 1.807) is 18.4 Å². The third kappa shape index (κ3) is 4.21. The van der Waals surface area contributed by atoms with Gasteiger partial charge in [0.05, 0.1) is 17.7 Å². The van der Waals surface area contributed by atoms with Crippen molar-refractivity contribution in [1.29, 1.82) is 0 Å². The normalized spacial score (nSPS) is 10.6. The zero-order chi connectivity index (χ0) is 16.9. The smallest absolute Gasteiger partial charge is 0.226 e. The van der Waals surface area contributed by atoms with Gasteiger partial charge in [-0.3, -0.25) is 4.79 Å². The molecule has 1 amide bonds. The van der Waals surface area contributed by atoms with Crippen LogP contribution in [0.4, 0.5) is 5.13 Å². The fraction of sp³-hybridized carbons (Fsp3) is 0.222. The van der Waals surface area contributed by atoms with Gasteiger partial charge < -0.3 is 10.1 Å². The van der Waals surface area contributed by atoms with Crippen LogP contribution in [-0.4, -0.2) is 18.0 Å². The summed E-state index contributed by atoms with van der Waals surface area (Å²) >= 11 is 3.16. The van der Waals surface area contributed by atoms with Gasteiger partial charge in [-0.1, -0.05) is 12.1 Å². The first-order valence-electron chi connectivity index (χ1n) is 7.59. The molecule has 0 aliphatic carbocycles. The van der Waals surface area contributed by atoms with Crippen LogP contribution in [0.25, 0.3) is 10.6 Å². The molecule has 3 aromatic rings. The highest BCUT2D eigenvalue weighted by Crippen LogP contribution is 2.30. The average molecular weight is 358 g/mol. The second kappa shape index (κ2) is 7.59. The van der Waals surface area contributed by atoms with Crippen LogP contribution in [-0.2, 0) is 11.2 Å². The zero-order valence-corrected chi connectivity index (χ0v) is 15.2. The fourth-order valence-corrected chi connectivity index (χ4v) is 3.88. The molecule has 24 heavy (non-hydrogen) atoms. The minimum Gasteiger partial charge on any atom is -0.497 e. The summed E-state index contributed by atoms with van der Waals surface area (Å²) in [5, 5.41) is 5.51. The van der Waals surface area contributed by atoms with Crippen molar-refractivity contribution in [2.24, 2.45) is 0 Å². The number of thiophene rings is 1. The Morgan fingerprint density at radius 1 is 1.21 bits per heavy atom. The lowest BCUT2D eigenvalue weighted by atomic mass is 10.1. The van der Waals surface area contributed by atoms with E-state index in [0.29, 0.717) is 18.0 Å². The number of amides is 1. The van der Waals surface area contributed by atoms with Gasteiger partial charge in [-0.05, 0) is 43.2 Å². The minimum atomic E-state index is -0.0194. The van der Waals surface area contributed by atoms with Crippen molar-refractivity contribution in [2.75, 3.05) is 12.4 Å². The van der Waals surface area contributed by atoms with Gasteiger partial charge in [0.15, 0.2) is 5.13 Å². The van der Waals surface area contributed by atoms with Gasteiger partial charge in [0, 0.05) is 16.7 Å². The van der Waals surface area contributed by atoms with Gasteiger partial charge in [0.2, 0.25) is 5.91 Å². The SMILES string of the molecule is COc1ccc(CCC(=O)Nc2nc(-c3ccc(C)s3)cs2)cc1. The molecule has 0 saturated carbocycles. The Morgan fingerprint density at radius 3 is 2.67 bits per heavy atom. The molecule has 1 aromatic carbocycles. The third-order valence-electron chi connectivity index (χ3n) is 3.54. The molecule has 0 radical (unpaired) electrons. The third-order valence-corrected chi connectivity index (χ3v) is 5.32. The van der Waals surface area contributed by atoms with Crippen molar-refractivity contribution < 1.29 is 9.53 Å². The summed E-state index contributed by atoms with van der Waals surface area (Å²) in [6.07, 6.45) is 1.12. The number of aromatic nitrogens is 1. The Labute approximate surface area is 149 Å². The largest absolute Gasteiger partial charge is 0.497 e. The van der Waals surface area contributed by atoms with Crippen LogP contribution in [0.5, 0.6) is 5.75 Å². The monoisotopic (exact) mass is 358 g/mol. The maximum Gasteiger partial charge on any atom is 0.226 e. The second-order valence-corrected chi connectivity index (χ2v) is 7.49. The zero-order valence-electron chi connectivity index (χ0n) is 13.5. The summed E-state index contributed by atoms with van der Waals surface area (Å²) in [5.41, 5.74) is 2.03. The Hall–Kier alpha value is -2.18. The molecule has 0 aliphatic rings. The Morgan fingerprint density at radius 2 is 2.00 bits per heavy atom. The number of nitrogens with one attached hydrogen (secondary N) is 1. The van der Waals surface area contributed by atoms with Gasteiger partial charge in [-0.15, -0.1) is 22.7 Å². The molecule has 0 saturated heterocycles. The number of anilines is 1. The Balaban J connectivity index is 1.54. The second-order valence-electron chi connectivity index (χ2n) is 5.34. The molecular weight excluding hydrogens is 340 g/mol. The van der Waals surface area contributed by atoms with E-state index in [1.807, 2.05) is 29.6 Å². The van der Waals surface area contributed by atoms with Crippen LogP contribution in [0.2, 0.25) is 0 Å². The Bertz CT molecular complexity index is 822. The summed E-state index contributed by atoms with van der Waals surface area (Å²) < 4.78 is 5.13. The van der Waals surface area contributed by atoms with Crippen LogP contribution in [0.1, 0.15) is 16.9 Å². The number of hydrogen-bond acceptors (Lipinski definition) is 5. The number of carbonyl (C=O) groups is 1. The molecule has 2 heterocycles. The summed E-state index contributed by atoms with van der Waals surface area (Å²) in [5.74, 6) is 0.802. The molecule has 2 aromatic heterocycles. The van der Waals surface area contributed by atoms with E-state index in [-0.39, 0.29) is 5.91 Å². The van der Waals surface area contributed by atoms with Crippen molar-refractivity contribution >= 4 is 33.7 Å². The van der Waals surface area contributed by atoms with Crippen molar-refractivity contribution in [2.45, 2.75) is 19.8 Å². The van der Waals surface area contributed by atoms with Crippen molar-refractivity contribution in [1.82, 2.24) is 4.98 Å². The van der Waals surface area contributed by atoms with Crippen LogP contribution < -0.4 is 10.1 Å². The molecule has 1 N–H and O–H groups in total. The van der Waals surface area contributed by atoms with E-state index in [2.05, 4.69) is 29.4 Å². The highest BCUT2D eigenvalue weighted by atomic mass is 32.1. The van der Waals surface area contributed by atoms with Crippen LogP contribution >= 0.6 is 22.7 Å². The van der Waals surface area contributed by atoms with E-state index < -0.39 is 0 Å².